The van der Waals surface area contributed by atoms with E-state index in [0.29, 0.717) is 18.5 Å². The number of piperidine rings is 3. The fourth-order valence-electron chi connectivity index (χ4n) is 3.56. The molecule has 1 saturated carbocycles. The Morgan fingerprint density at radius 2 is 1.94 bits per heavy atom. The topological polar surface area (TPSA) is 43.8 Å². The molecule has 0 aromatic rings. The first-order valence-electron chi connectivity index (χ1n) is 6.94. The summed E-state index contributed by atoms with van der Waals surface area (Å²) >= 11 is 0. The second kappa shape index (κ2) is 4.58. The van der Waals surface area contributed by atoms with Crippen molar-refractivity contribution in [1.82, 2.24) is 9.80 Å². The molecule has 1 aliphatic carbocycles. The molecule has 1 atom stereocenters. The molecule has 96 valence electrons. The smallest absolute Gasteiger partial charge is 0.304 e. The van der Waals surface area contributed by atoms with E-state index in [1.807, 2.05) is 0 Å². The standard InChI is InChI=1S/C13H22N2O2/c16-13(17)5-8-15(11-1-2-11)12-9-14-6-3-10(12)4-7-14/h10-12H,1-9H2,(H,16,17). The van der Waals surface area contributed by atoms with Gasteiger partial charge in [-0.2, -0.15) is 0 Å². The van der Waals surface area contributed by atoms with Gasteiger partial charge in [0.1, 0.15) is 0 Å². The molecule has 3 saturated heterocycles. The van der Waals surface area contributed by atoms with Gasteiger partial charge in [0.25, 0.3) is 0 Å². The van der Waals surface area contributed by atoms with Gasteiger partial charge in [-0.15, -0.1) is 0 Å². The Bertz CT molecular complexity index is 296. The second-order valence-electron chi connectivity index (χ2n) is 5.82. The maximum atomic E-state index is 10.8. The molecule has 0 radical (unpaired) electrons. The van der Waals surface area contributed by atoms with Gasteiger partial charge in [0, 0.05) is 25.2 Å². The summed E-state index contributed by atoms with van der Waals surface area (Å²) < 4.78 is 0. The monoisotopic (exact) mass is 238 g/mol. The molecule has 3 heterocycles. The Balaban J connectivity index is 1.64. The average Bonchev–Trinajstić information content (AvgIpc) is 3.15. The van der Waals surface area contributed by atoms with Gasteiger partial charge in [-0.3, -0.25) is 9.69 Å². The third kappa shape index (κ3) is 2.47. The van der Waals surface area contributed by atoms with Crippen molar-refractivity contribution in [2.45, 2.75) is 44.2 Å². The number of nitrogens with zero attached hydrogens (tertiary/aromatic N) is 2. The summed E-state index contributed by atoms with van der Waals surface area (Å²) in [7, 11) is 0. The molecule has 4 rings (SSSR count). The summed E-state index contributed by atoms with van der Waals surface area (Å²) in [6.45, 7) is 4.47. The second-order valence-corrected chi connectivity index (χ2v) is 5.82. The zero-order valence-corrected chi connectivity index (χ0v) is 10.3. The molecule has 4 fully saturated rings. The van der Waals surface area contributed by atoms with Gasteiger partial charge in [-0.25, -0.2) is 0 Å². The molecular formula is C13H22N2O2. The van der Waals surface area contributed by atoms with Crippen molar-refractivity contribution in [2.75, 3.05) is 26.2 Å². The highest BCUT2D eigenvalue weighted by atomic mass is 16.4. The van der Waals surface area contributed by atoms with Crippen molar-refractivity contribution in [2.24, 2.45) is 5.92 Å². The van der Waals surface area contributed by atoms with Crippen LogP contribution in [-0.2, 0) is 4.79 Å². The Morgan fingerprint density at radius 1 is 1.24 bits per heavy atom. The quantitative estimate of drug-likeness (QED) is 0.776. The summed E-state index contributed by atoms with van der Waals surface area (Å²) in [5, 5.41) is 8.86. The van der Waals surface area contributed by atoms with E-state index in [4.69, 9.17) is 5.11 Å². The van der Waals surface area contributed by atoms with Crippen LogP contribution in [0, 0.1) is 5.92 Å². The summed E-state index contributed by atoms with van der Waals surface area (Å²) in [5.41, 5.74) is 0. The zero-order chi connectivity index (χ0) is 11.8. The molecule has 0 aromatic carbocycles. The van der Waals surface area contributed by atoms with E-state index in [9.17, 15) is 4.79 Å². The van der Waals surface area contributed by atoms with Gasteiger partial charge in [0.05, 0.1) is 6.42 Å². The molecule has 17 heavy (non-hydrogen) atoms. The van der Waals surface area contributed by atoms with Gasteiger partial charge in [0.2, 0.25) is 0 Å². The Hall–Kier alpha value is -0.610. The summed E-state index contributed by atoms with van der Waals surface area (Å²) in [4.78, 5) is 15.8. The van der Waals surface area contributed by atoms with Crippen LogP contribution in [0.25, 0.3) is 0 Å². The average molecular weight is 238 g/mol. The van der Waals surface area contributed by atoms with Crippen LogP contribution in [-0.4, -0.2) is 59.1 Å². The van der Waals surface area contributed by atoms with E-state index in [1.54, 1.807) is 0 Å². The fraction of sp³-hybridized carbons (Fsp3) is 0.923. The highest BCUT2D eigenvalue weighted by Crippen LogP contribution is 2.37. The van der Waals surface area contributed by atoms with E-state index in [0.717, 1.165) is 12.5 Å². The normalized spacial score (nSPS) is 36.4. The van der Waals surface area contributed by atoms with E-state index < -0.39 is 5.97 Å². The van der Waals surface area contributed by atoms with E-state index in [1.165, 1.54) is 45.3 Å². The molecule has 4 aliphatic rings. The van der Waals surface area contributed by atoms with Crippen LogP contribution in [0.15, 0.2) is 0 Å². The van der Waals surface area contributed by atoms with Crippen LogP contribution in [0.1, 0.15) is 32.1 Å². The molecule has 4 nitrogen and oxygen atoms in total. The lowest BCUT2D eigenvalue weighted by Crippen LogP contribution is -2.58. The molecule has 0 spiro atoms. The first-order chi connectivity index (χ1) is 8.24. The van der Waals surface area contributed by atoms with Crippen molar-refractivity contribution in [3.05, 3.63) is 0 Å². The van der Waals surface area contributed by atoms with Gasteiger partial charge in [-0.1, -0.05) is 0 Å². The molecular weight excluding hydrogens is 216 g/mol. The number of hydrogen-bond acceptors (Lipinski definition) is 3. The molecule has 3 aliphatic heterocycles. The van der Waals surface area contributed by atoms with Crippen molar-refractivity contribution < 1.29 is 9.90 Å². The maximum absolute atomic E-state index is 10.8. The highest BCUT2D eigenvalue weighted by molar-refractivity contribution is 5.66. The minimum absolute atomic E-state index is 0.305. The number of fused-ring (bicyclic) bond motifs is 3. The van der Waals surface area contributed by atoms with Gasteiger partial charge < -0.3 is 10.0 Å². The zero-order valence-electron chi connectivity index (χ0n) is 10.3. The summed E-state index contributed by atoms with van der Waals surface area (Å²) in [5.74, 6) is 0.173. The predicted molar refractivity (Wildman–Crippen MR) is 64.9 cm³/mol. The van der Waals surface area contributed by atoms with Gasteiger partial charge in [-0.05, 0) is 44.7 Å². The third-order valence-electron chi connectivity index (χ3n) is 4.65. The van der Waals surface area contributed by atoms with E-state index >= 15 is 0 Å². The minimum atomic E-state index is -0.656. The Morgan fingerprint density at radius 3 is 2.41 bits per heavy atom. The summed E-state index contributed by atoms with van der Waals surface area (Å²) in [6, 6.07) is 1.34. The lowest BCUT2D eigenvalue weighted by atomic mass is 9.83. The number of carboxylic acid groups (broad SMARTS) is 1. The SMILES string of the molecule is O=C(O)CCN(C1CC1)C1CN2CCC1CC2. The van der Waals surface area contributed by atoms with Crippen LogP contribution >= 0.6 is 0 Å². The molecule has 0 aromatic heterocycles. The maximum Gasteiger partial charge on any atom is 0.304 e. The Labute approximate surface area is 103 Å². The number of aliphatic carboxylic acids is 1. The lowest BCUT2D eigenvalue weighted by molar-refractivity contribution is -0.137. The van der Waals surface area contributed by atoms with Crippen molar-refractivity contribution in [3.63, 3.8) is 0 Å². The van der Waals surface area contributed by atoms with Crippen molar-refractivity contribution in [1.29, 1.82) is 0 Å². The predicted octanol–water partition coefficient (Wildman–Crippen LogP) is 1.02. The molecule has 1 N–H and O–H groups in total. The van der Waals surface area contributed by atoms with E-state index in [-0.39, 0.29) is 0 Å². The summed E-state index contributed by atoms with van der Waals surface area (Å²) in [6.07, 6.45) is 5.51. The Kier molecular flexibility index (Phi) is 3.09. The van der Waals surface area contributed by atoms with Crippen LogP contribution in [0.3, 0.4) is 0 Å². The largest absolute Gasteiger partial charge is 0.481 e. The number of carboxylic acids is 1. The van der Waals surface area contributed by atoms with Gasteiger partial charge >= 0.3 is 5.97 Å². The minimum Gasteiger partial charge on any atom is -0.481 e. The molecule has 4 heteroatoms. The molecule has 0 amide bonds. The van der Waals surface area contributed by atoms with E-state index in [2.05, 4.69) is 9.80 Å². The first-order valence-corrected chi connectivity index (χ1v) is 6.94. The number of rotatable bonds is 5. The fourth-order valence-corrected chi connectivity index (χ4v) is 3.56. The van der Waals surface area contributed by atoms with Crippen LogP contribution in [0.4, 0.5) is 0 Å². The van der Waals surface area contributed by atoms with Crippen molar-refractivity contribution >= 4 is 5.97 Å². The molecule has 1 unspecified atom stereocenters. The lowest BCUT2D eigenvalue weighted by Gasteiger charge is -2.49. The van der Waals surface area contributed by atoms with Crippen LogP contribution in [0.2, 0.25) is 0 Å². The number of carbonyl (C=O) groups is 1. The van der Waals surface area contributed by atoms with Crippen LogP contribution < -0.4 is 0 Å². The number of hydrogen-bond donors (Lipinski definition) is 1. The first kappa shape index (κ1) is 11.5. The van der Waals surface area contributed by atoms with Gasteiger partial charge in [0.15, 0.2) is 0 Å². The third-order valence-corrected chi connectivity index (χ3v) is 4.65. The van der Waals surface area contributed by atoms with Crippen molar-refractivity contribution in [3.8, 4) is 0 Å². The highest BCUT2D eigenvalue weighted by Gasteiger charge is 2.42. The van der Waals surface area contributed by atoms with Crippen LogP contribution in [0.5, 0.6) is 0 Å². The molecule has 2 bridgehead atoms.